The fraction of sp³-hybridized carbons (Fsp3) is 0.500. The molecule has 0 saturated heterocycles. The monoisotopic (exact) mass is 467 g/mol. The SMILES string of the molecule is Cc1ccc(-c2nc(NCC(NC(=O)OC(C)(C)C)C(=O)O)sc2CC(C)C)cc1Cl. The Labute approximate surface area is 192 Å². The molecule has 1 amide bonds. The van der Waals surface area contributed by atoms with Gasteiger partial charge < -0.3 is 20.5 Å². The summed E-state index contributed by atoms with van der Waals surface area (Å²) in [7, 11) is 0. The summed E-state index contributed by atoms with van der Waals surface area (Å²) in [5.74, 6) is -0.739. The zero-order valence-corrected chi connectivity index (χ0v) is 20.3. The van der Waals surface area contributed by atoms with E-state index in [0.717, 1.165) is 28.1 Å². The Morgan fingerprint density at radius 1 is 1.29 bits per heavy atom. The molecule has 31 heavy (non-hydrogen) atoms. The summed E-state index contributed by atoms with van der Waals surface area (Å²) in [6.07, 6.45) is 0.0509. The minimum absolute atomic E-state index is 0.0305. The van der Waals surface area contributed by atoms with Crippen molar-refractivity contribution in [3.8, 4) is 11.3 Å². The molecule has 0 aliphatic heterocycles. The van der Waals surface area contributed by atoms with Gasteiger partial charge in [0.1, 0.15) is 11.6 Å². The van der Waals surface area contributed by atoms with Crippen molar-refractivity contribution in [3.63, 3.8) is 0 Å². The Morgan fingerprint density at radius 2 is 1.97 bits per heavy atom. The molecule has 1 aromatic carbocycles. The highest BCUT2D eigenvalue weighted by atomic mass is 35.5. The zero-order chi connectivity index (χ0) is 23.3. The number of carbonyl (C=O) groups is 2. The summed E-state index contributed by atoms with van der Waals surface area (Å²) in [5, 5.41) is 16.1. The Bertz CT molecular complexity index is 937. The van der Waals surface area contributed by atoms with Crippen molar-refractivity contribution >= 4 is 40.1 Å². The van der Waals surface area contributed by atoms with Crippen molar-refractivity contribution in [2.24, 2.45) is 5.92 Å². The number of carboxylic acid groups (broad SMARTS) is 1. The van der Waals surface area contributed by atoms with Gasteiger partial charge in [0.15, 0.2) is 5.13 Å². The van der Waals surface area contributed by atoms with Crippen molar-refractivity contribution in [3.05, 3.63) is 33.7 Å². The maximum absolute atomic E-state index is 12.0. The number of aliphatic carboxylic acids is 1. The summed E-state index contributed by atoms with van der Waals surface area (Å²) in [6.45, 7) is 11.3. The number of ether oxygens (including phenoxy) is 1. The Balaban J connectivity index is 2.19. The average Bonchev–Trinajstić information content (AvgIpc) is 3.01. The number of hydrogen-bond acceptors (Lipinski definition) is 6. The second kappa shape index (κ2) is 10.3. The highest BCUT2D eigenvalue weighted by Gasteiger charge is 2.24. The molecule has 1 aromatic heterocycles. The molecule has 1 atom stereocenters. The number of nitrogens with zero attached hydrogens (tertiary/aromatic N) is 1. The van der Waals surface area contributed by atoms with Crippen LogP contribution < -0.4 is 10.6 Å². The molecule has 1 unspecified atom stereocenters. The van der Waals surface area contributed by atoms with E-state index in [1.165, 1.54) is 11.3 Å². The van der Waals surface area contributed by atoms with Crippen molar-refractivity contribution in [1.29, 1.82) is 0 Å². The third-order valence-electron chi connectivity index (χ3n) is 4.18. The Kier molecular flexibility index (Phi) is 8.31. The van der Waals surface area contributed by atoms with Crippen molar-refractivity contribution in [1.82, 2.24) is 10.3 Å². The van der Waals surface area contributed by atoms with Crippen molar-refractivity contribution in [2.45, 2.75) is 59.6 Å². The first kappa shape index (κ1) is 24.9. The first-order valence-corrected chi connectivity index (χ1v) is 11.3. The number of benzene rings is 1. The van der Waals surface area contributed by atoms with Crippen molar-refractivity contribution in [2.75, 3.05) is 11.9 Å². The van der Waals surface area contributed by atoms with Gasteiger partial charge in [-0.3, -0.25) is 0 Å². The molecule has 0 spiro atoms. The third kappa shape index (κ3) is 7.70. The van der Waals surface area contributed by atoms with Gasteiger partial charge in [-0.15, -0.1) is 11.3 Å². The number of carboxylic acids is 1. The minimum Gasteiger partial charge on any atom is -0.480 e. The lowest BCUT2D eigenvalue weighted by Gasteiger charge is -2.22. The van der Waals surface area contributed by atoms with Gasteiger partial charge in [-0.05, 0) is 51.7 Å². The smallest absolute Gasteiger partial charge is 0.408 e. The lowest BCUT2D eigenvalue weighted by atomic mass is 10.0. The number of nitrogens with one attached hydrogen (secondary N) is 2. The van der Waals surface area contributed by atoms with Crippen LogP contribution in [0.4, 0.5) is 9.93 Å². The third-order valence-corrected chi connectivity index (χ3v) is 5.63. The largest absolute Gasteiger partial charge is 0.480 e. The highest BCUT2D eigenvalue weighted by molar-refractivity contribution is 7.16. The van der Waals surface area contributed by atoms with Gasteiger partial charge in [0, 0.05) is 22.0 Å². The minimum atomic E-state index is -1.16. The predicted octanol–water partition coefficient (Wildman–Crippen LogP) is 5.36. The van der Waals surface area contributed by atoms with Crippen LogP contribution in [0, 0.1) is 12.8 Å². The maximum atomic E-state index is 12.0. The van der Waals surface area contributed by atoms with Gasteiger partial charge >= 0.3 is 12.1 Å². The average molecular weight is 468 g/mol. The summed E-state index contributed by atoms with van der Waals surface area (Å²) in [4.78, 5) is 29.3. The van der Waals surface area contributed by atoms with Gasteiger partial charge in [-0.2, -0.15) is 0 Å². The van der Waals surface area contributed by atoms with Crippen LogP contribution in [0.5, 0.6) is 0 Å². The first-order chi connectivity index (χ1) is 14.4. The van der Waals surface area contributed by atoms with E-state index in [1.54, 1.807) is 20.8 Å². The molecule has 0 aliphatic rings. The fourth-order valence-electron chi connectivity index (χ4n) is 2.74. The quantitative estimate of drug-likeness (QED) is 0.483. The van der Waals surface area contributed by atoms with Gasteiger partial charge in [-0.1, -0.05) is 37.6 Å². The zero-order valence-electron chi connectivity index (χ0n) is 18.7. The van der Waals surface area contributed by atoms with E-state index < -0.39 is 23.7 Å². The van der Waals surface area contributed by atoms with Crippen LogP contribution in [0.1, 0.15) is 45.1 Å². The predicted molar refractivity (Wildman–Crippen MR) is 125 cm³/mol. The number of aromatic nitrogens is 1. The molecule has 0 bridgehead atoms. The van der Waals surface area contributed by atoms with Gasteiger partial charge in [0.05, 0.1) is 5.69 Å². The second-order valence-electron chi connectivity index (χ2n) is 8.77. The van der Waals surface area contributed by atoms with Crippen LogP contribution in [0.2, 0.25) is 5.02 Å². The topological polar surface area (TPSA) is 101 Å². The molecule has 0 saturated carbocycles. The molecule has 9 heteroatoms. The second-order valence-corrected chi connectivity index (χ2v) is 10.3. The number of hydrogen-bond donors (Lipinski definition) is 3. The molecule has 2 rings (SSSR count). The van der Waals surface area contributed by atoms with E-state index in [-0.39, 0.29) is 6.54 Å². The summed E-state index contributed by atoms with van der Waals surface area (Å²) >= 11 is 7.78. The number of thiazole rings is 1. The molecule has 0 fully saturated rings. The number of alkyl carbamates (subject to hydrolysis) is 1. The van der Waals surface area contributed by atoms with Crippen LogP contribution in [-0.2, 0) is 16.0 Å². The molecule has 7 nitrogen and oxygen atoms in total. The number of carbonyl (C=O) groups excluding carboxylic acids is 1. The molecule has 3 N–H and O–H groups in total. The van der Waals surface area contributed by atoms with Crippen molar-refractivity contribution < 1.29 is 19.4 Å². The van der Waals surface area contributed by atoms with E-state index in [2.05, 4.69) is 29.5 Å². The number of aryl methyl sites for hydroxylation is 1. The van der Waals surface area contributed by atoms with E-state index in [4.69, 9.17) is 16.3 Å². The molecule has 1 heterocycles. The standard InChI is InChI=1S/C22H30ClN3O4S/c1-12(2)9-17-18(14-8-7-13(3)15(23)10-14)26-20(31-17)24-11-16(19(27)28)25-21(29)30-22(4,5)6/h7-8,10,12,16H,9,11H2,1-6H3,(H,24,26)(H,25,29)(H,27,28). The lowest BCUT2D eigenvalue weighted by molar-refractivity contribution is -0.139. The molecule has 2 aromatic rings. The number of halogens is 1. The fourth-order valence-corrected chi connectivity index (χ4v) is 4.12. The first-order valence-electron chi connectivity index (χ1n) is 10.1. The van der Waals surface area contributed by atoms with Crippen LogP contribution in [0.15, 0.2) is 18.2 Å². The number of amides is 1. The van der Waals surface area contributed by atoms with E-state index in [9.17, 15) is 14.7 Å². The van der Waals surface area contributed by atoms with Gasteiger partial charge in [0.25, 0.3) is 0 Å². The molecule has 0 aliphatic carbocycles. The normalized spacial score (nSPS) is 12.5. The Morgan fingerprint density at radius 3 is 2.52 bits per heavy atom. The van der Waals surface area contributed by atoms with E-state index >= 15 is 0 Å². The number of rotatable bonds is 8. The molecular formula is C22H30ClN3O4S. The van der Waals surface area contributed by atoms with Gasteiger partial charge in [-0.25, -0.2) is 14.6 Å². The molecule has 170 valence electrons. The summed E-state index contributed by atoms with van der Waals surface area (Å²) < 4.78 is 5.15. The van der Waals surface area contributed by atoms with Gasteiger partial charge in [0.2, 0.25) is 0 Å². The summed E-state index contributed by atoms with van der Waals surface area (Å²) in [5.41, 5.74) is 2.01. The summed E-state index contributed by atoms with van der Waals surface area (Å²) in [6, 6.07) is 4.66. The van der Waals surface area contributed by atoms with Crippen LogP contribution in [-0.4, -0.2) is 40.3 Å². The van der Waals surface area contributed by atoms with E-state index in [1.807, 2.05) is 25.1 Å². The van der Waals surface area contributed by atoms with E-state index in [0.29, 0.717) is 16.1 Å². The van der Waals surface area contributed by atoms with Crippen LogP contribution in [0.3, 0.4) is 0 Å². The molecular weight excluding hydrogens is 438 g/mol. The number of anilines is 1. The maximum Gasteiger partial charge on any atom is 0.408 e. The lowest BCUT2D eigenvalue weighted by Crippen LogP contribution is -2.47. The Hall–Kier alpha value is -2.32. The van der Waals surface area contributed by atoms with Crippen LogP contribution >= 0.6 is 22.9 Å². The van der Waals surface area contributed by atoms with Crippen LogP contribution in [0.25, 0.3) is 11.3 Å². The molecule has 0 radical (unpaired) electrons. The highest BCUT2D eigenvalue weighted by Crippen LogP contribution is 2.34.